The minimum Gasteiger partial charge on any atom is -0.459 e. The van der Waals surface area contributed by atoms with Crippen LogP contribution in [-0.2, 0) is 32.2 Å². The Morgan fingerprint density at radius 2 is 1.58 bits per heavy atom. The Labute approximate surface area is 155 Å². The highest BCUT2D eigenvalue weighted by molar-refractivity contribution is 5.69. The van der Waals surface area contributed by atoms with Gasteiger partial charge in [-0.25, -0.2) is 0 Å². The lowest BCUT2D eigenvalue weighted by molar-refractivity contribution is -0.156. The van der Waals surface area contributed by atoms with Crippen LogP contribution in [0.3, 0.4) is 0 Å². The molecule has 138 valence electrons. The first-order chi connectivity index (χ1) is 12.8. The second-order valence-corrected chi connectivity index (χ2v) is 6.58. The third kappa shape index (κ3) is 5.97. The highest BCUT2D eigenvalue weighted by Gasteiger charge is 2.29. The summed E-state index contributed by atoms with van der Waals surface area (Å²) >= 11 is 0. The summed E-state index contributed by atoms with van der Waals surface area (Å²) in [5.41, 5.74) is 2.27. The van der Waals surface area contributed by atoms with Crippen LogP contribution in [0.2, 0.25) is 0 Å². The van der Waals surface area contributed by atoms with E-state index < -0.39 is 0 Å². The molecule has 0 radical (unpaired) electrons. The van der Waals surface area contributed by atoms with E-state index in [0.717, 1.165) is 24.0 Å². The van der Waals surface area contributed by atoms with Gasteiger partial charge in [-0.1, -0.05) is 60.7 Å². The molecule has 26 heavy (non-hydrogen) atoms. The molecule has 1 heterocycles. The van der Waals surface area contributed by atoms with Crippen LogP contribution in [0.1, 0.15) is 36.8 Å². The van der Waals surface area contributed by atoms with Gasteiger partial charge in [0.25, 0.3) is 0 Å². The standard InChI is InChI=1S/C22H26O4/c23-22-13-7-12-20(25-17-19-10-5-2-6-11-19)21(26-22)14-15-24-16-18-8-3-1-4-9-18/h1-6,8-11,20-21H,7,12-17H2/t20-,21+/m1/s1. The zero-order chi connectivity index (χ0) is 18.0. The number of carbonyl (C=O) groups excluding carboxylic acids is 1. The summed E-state index contributed by atoms with van der Waals surface area (Å²) in [5, 5.41) is 0. The van der Waals surface area contributed by atoms with E-state index in [1.54, 1.807) is 0 Å². The van der Waals surface area contributed by atoms with E-state index in [2.05, 4.69) is 0 Å². The lowest BCUT2D eigenvalue weighted by Crippen LogP contribution is -2.32. The summed E-state index contributed by atoms with van der Waals surface area (Å²) in [5.74, 6) is -0.135. The molecule has 2 aromatic carbocycles. The van der Waals surface area contributed by atoms with Crippen molar-refractivity contribution in [2.45, 2.75) is 51.1 Å². The number of carbonyl (C=O) groups is 1. The molecule has 0 aromatic heterocycles. The van der Waals surface area contributed by atoms with Crippen LogP contribution < -0.4 is 0 Å². The number of esters is 1. The van der Waals surface area contributed by atoms with Crippen LogP contribution in [0.15, 0.2) is 60.7 Å². The van der Waals surface area contributed by atoms with Gasteiger partial charge >= 0.3 is 5.97 Å². The Balaban J connectivity index is 1.49. The molecule has 2 atom stereocenters. The van der Waals surface area contributed by atoms with E-state index in [0.29, 0.717) is 32.7 Å². The zero-order valence-corrected chi connectivity index (χ0v) is 15.0. The van der Waals surface area contributed by atoms with Gasteiger partial charge in [0.2, 0.25) is 0 Å². The highest BCUT2D eigenvalue weighted by atomic mass is 16.6. The average Bonchev–Trinajstić information content (AvgIpc) is 2.86. The van der Waals surface area contributed by atoms with Crippen molar-refractivity contribution in [1.29, 1.82) is 0 Å². The molecule has 1 aliphatic rings. The van der Waals surface area contributed by atoms with Gasteiger partial charge < -0.3 is 14.2 Å². The molecule has 4 nitrogen and oxygen atoms in total. The molecular weight excluding hydrogens is 328 g/mol. The number of cyclic esters (lactones) is 1. The van der Waals surface area contributed by atoms with E-state index in [1.165, 1.54) is 0 Å². The summed E-state index contributed by atoms with van der Waals surface area (Å²) in [7, 11) is 0. The zero-order valence-electron chi connectivity index (χ0n) is 15.0. The molecule has 4 heteroatoms. The molecule has 0 amide bonds. The van der Waals surface area contributed by atoms with Crippen molar-refractivity contribution in [2.75, 3.05) is 6.61 Å². The molecule has 0 bridgehead atoms. The molecule has 1 aliphatic heterocycles. The van der Waals surface area contributed by atoms with E-state index in [9.17, 15) is 4.79 Å². The Kier molecular flexibility index (Phi) is 7.23. The van der Waals surface area contributed by atoms with Crippen LogP contribution in [-0.4, -0.2) is 24.8 Å². The first-order valence-electron chi connectivity index (χ1n) is 9.28. The van der Waals surface area contributed by atoms with Gasteiger partial charge in [-0.3, -0.25) is 4.79 Å². The van der Waals surface area contributed by atoms with E-state index in [4.69, 9.17) is 14.2 Å². The van der Waals surface area contributed by atoms with Crippen LogP contribution >= 0.6 is 0 Å². The van der Waals surface area contributed by atoms with Crippen LogP contribution in [0.25, 0.3) is 0 Å². The lowest BCUT2D eigenvalue weighted by Gasteiger charge is -2.25. The highest BCUT2D eigenvalue weighted by Crippen LogP contribution is 2.22. The smallest absolute Gasteiger partial charge is 0.306 e. The Morgan fingerprint density at radius 1 is 0.923 bits per heavy atom. The number of benzene rings is 2. The van der Waals surface area contributed by atoms with Gasteiger partial charge in [-0.05, 0) is 24.0 Å². The maximum absolute atomic E-state index is 11.8. The van der Waals surface area contributed by atoms with Crippen molar-refractivity contribution < 1.29 is 19.0 Å². The van der Waals surface area contributed by atoms with Gasteiger partial charge in [0, 0.05) is 12.8 Å². The second kappa shape index (κ2) is 10.1. The molecule has 0 saturated carbocycles. The Hall–Kier alpha value is -2.17. The van der Waals surface area contributed by atoms with Crippen LogP contribution in [0.5, 0.6) is 0 Å². The molecule has 1 fully saturated rings. The van der Waals surface area contributed by atoms with E-state index in [-0.39, 0.29) is 18.2 Å². The van der Waals surface area contributed by atoms with Gasteiger partial charge in [0.15, 0.2) is 0 Å². The van der Waals surface area contributed by atoms with Crippen molar-refractivity contribution >= 4 is 5.97 Å². The molecular formula is C22H26O4. The molecule has 1 saturated heterocycles. The second-order valence-electron chi connectivity index (χ2n) is 6.58. The fraction of sp³-hybridized carbons (Fsp3) is 0.409. The summed E-state index contributed by atoms with van der Waals surface area (Å²) in [6.45, 7) is 1.64. The van der Waals surface area contributed by atoms with E-state index >= 15 is 0 Å². The molecule has 2 aromatic rings. The largest absolute Gasteiger partial charge is 0.459 e. The number of rotatable bonds is 8. The van der Waals surface area contributed by atoms with E-state index in [1.807, 2.05) is 60.7 Å². The number of hydrogen-bond donors (Lipinski definition) is 0. The van der Waals surface area contributed by atoms with Crippen molar-refractivity contribution in [2.24, 2.45) is 0 Å². The number of ether oxygens (including phenoxy) is 3. The first-order valence-corrected chi connectivity index (χ1v) is 9.28. The van der Waals surface area contributed by atoms with Crippen molar-refractivity contribution in [3.63, 3.8) is 0 Å². The van der Waals surface area contributed by atoms with Gasteiger partial charge in [-0.15, -0.1) is 0 Å². The molecule has 0 aliphatic carbocycles. The first kappa shape index (κ1) is 18.6. The fourth-order valence-electron chi connectivity index (χ4n) is 3.11. The van der Waals surface area contributed by atoms with Crippen LogP contribution in [0.4, 0.5) is 0 Å². The number of hydrogen-bond acceptors (Lipinski definition) is 4. The third-order valence-corrected chi connectivity index (χ3v) is 4.53. The van der Waals surface area contributed by atoms with Crippen molar-refractivity contribution in [3.05, 3.63) is 71.8 Å². The summed E-state index contributed by atoms with van der Waals surface area (Å²) in [6, 6.07) is 20.1. The summed E-state index contributed by atoms with van der Waals surface area (Å²) in [6.07, 6.45) is 2.43. The monoisotopic (exact) mass is 354 g/mol. The summed E-state index contributed by atoms with van der Waals surface area (Å²) < 4.78 is 17.5. The molecule has 0 N–H and O–H groups in total. The third-order valence-electron chi connectivity index (χ3n) is 4.53. The predicted octanol–water partition coefficient (Wildman–Crippen LogP) is 4.27. The topological polar surface area (TPSA) is 44.8 Å². The quantitative estimate of drug-likeness (QED) is 0.524. The maximum Gasteiger partial charge on any atom is 0.306 e. The van der Waals surface area contributed by atoms with Gasteiger partial charge in [0.1, 0.15) is 6.10 Å². The predicted molar refractivity (Wildman–Crippen MR) is 99.5 cm³/mol. The normalized spacial score (nSPS) is 20.4. The minimum atomic E-state index is -0.246. The van der Waals surface area contributed by atoms with Crippen molar-refractivity contribution in [1.82, 2.24) is 0 Å². The Morgan fingerprint density at radius 3 is 2.27 bits per heavy atom. The lowest BCUT2D eigenvalue weighted by atomic mass is 10.1. The molecule has 0 spiro atoms. The van der Waals surface area contributed by atoms with Crippen LogP contribution in [0, 0.1) is 0 Å². The molecule has 3 rings (SSSR count). The maximum atomic E-state index is 11.8. The Bertz CT molecular complexity index is 656. The summed E-state index contributed by atoms with van der Waals surface area (Å²) in [4.78, 5) is 11.8. The van der Waals surface area contributed by atoms with Gasteiger partial charge in [0.05, 0.1) is 25.9 Å². The SMILES string of the molecule is O=C1CCC[C@@H](OCc2ccccc2)[C@H](CCOCc2ccccc2)O1. The fourth-order valence-corrected chi connectivity index (χ4v) is 3.11. The molecule has 0 unspecified atom stereocenters. The average molecular weight is 354 g/mol. The van der Waals surface area contributed by atoms with Gasteiger partial charge in [-0.2, -0.15) is 0 Å². The van der Waals surface area contributed by atoms with Crippen molar-refractivity contribution in [3.8, 4) is 0 Å². The minimum absolute atomic E-state index is 0.0815.